The van der Waals surface area contributed by atoms with Gasteiger partial charge in [0.1, 0.15) is 5.75 Å². The summed E-state index contributed by atoms with van der Waals surface area (Å²) in [5.41, 5.74) is 1.15. The number of imidazole rings is 1. The molecule has 0 aliphatic heterocycles. The van der Waals surface area contributed by atoms with Crippen LogP contribution in [0.2, 0.25) is 0 Å². The Labute approximate surface area is 145 Å². The molecule has 0 unspecified atom stereocenters. The number of carbonyl (C=O) groups is 1. The third-order valence-corrected chi connectivity index (χ3v) is 4.48. The van der Waals surface area contributed by atoms with Gasteiger partial charge in [0.05, 0.1) is 6.54 Å². The minimum Gasteiger partial charge on any atom is -0.484 e. The van der Waals surface area contributed by atoms with Crippen LogP contribution in [0.3, 0.4) is 0 Å². The smallest absolute Gasteiger partial charge is 0.267 e. The molecule has 0 saturated heterocycles. The Morgan fingerprint density at radius 3 is 2.71 bits per heavy atom. The second kappa shape index (κ2) is 7.31. The zero-order chi connectivity index (χ0) is 16.9. The molecule has 3 aromatic rings. The fraction of sp³-hybridized carbons (Fsp3) is 0.222. The van der Waals surface area contributed by atoms with Crippen LogP contribution in [0.1, 0.15) is 10.4 Å². The van der Waals surface area contributed by atoms with Crippen LogP contribution >= 0.6 is 11.3 Å². The van der Waals surface area contributed by atoms with Gasteiger partial charge in [-0.3, -0.25) is 9.69 Å². The van der Waals surface area contributed by atoms with Gasteiger partial charge in [-0.25, -0.2) is 4.98 Å². The lowest BCUT2D eigenvalue weighted by Gasteiger charge is -2.21. The second-order valence-electron chi connectivity index (χ2n) is 5.50. The molecule has 3 rings (SSSR count). The van der Waals surface area contributed by atoms with Gasteiger partial charge in [-0.1, -0.05) is 23.8 Å². The first-order valence-corrected chi connectivity index (χ1v) is 8.51. The summed E-state index contributed by atoms with van der Waals surface area (Å²) in [4.78, 5) is 19.8. The van der Waals surface area contributed by atoms with Crippen molar-refractivity contribution < 1.29 is 9.53 Å². The molecule has 124 valence electrons. The van der Waals surface area contributed by atoms with Crippen molar-refractivity contribution >= 4 is 23.2 Å². The lowest BCUT2D eigenvalue weighted by atomic mass is 10.2. The Morgan fingerprint density at radius 1 is 1.29 bits per heavy atom. The molecule has 0 bridgehead atoms. The van der Waals surface area contributed by atoms with Gasteiger partial charge in [0.25, 0.3) is 5.91 Å². The summed E-state index contributed by atoms with van der Waals surface area (Å²) in [5, 5.41) is 2.00. The largest absolute Gasteiger partial charge is 0.484 e. The number of hydrogen-bond donors (Lipinski definition) is 0. The molecule has 0 fully saturated rings. The number of anilines is 1. The van der Waals surface area contributed by atoms with Crippen LogP contribution in [0.5, 0.6) is 5.75 Å². The van der Waals surface area contributed by atoms with Crippen molar-refractivity contribution in [1.82, 2.24) is 9.55 Å². The first-order chi connectivity index (χ1) is 11.6. The molecule has 0 radical (unpaired) electrons. The molecular formula is C18H19N3O2S. The van der Waals surface area contributed by atoms with Gasteiger partial charge in [-0.05, 0) is 30.5 Å². The molecule has 1 aromatic carbocycles. The normalized spacial score (nSPS) is 10.6. The summed E-state index contributed by atoms with van der Waals surface area (Å²) in [6.07, 6.45) is 3.51. The maximum absolute atomic E-state index is 12.7. The van der Waals surface area contributed by atoms with Crippen molar-refractivity contribution in [2.24, 2.45) is 7.05 Å². The number of ether oxygens (including phenoxy) is 1. The van der Waals surface area contributed by atoms with E-state index in [9.17, 15) is 4.79 Å². The molecule has 0 aliphatic rings. The Bertz CT molecular complexity index is 794. The molecule has 2 aromatic heterocycles. The number of benzene rings is 1. The van der Waals surface area contributed by atoms with E-state index in [1.807, 2.05) is 66.5 Å². The summed E-state index contributed by atoms with van der Waals surface area (Å²) in [5.74, 6) is 1.17. The predicted octanol–water partition coefficient (Wildman–Crippen LogP) is 3.40. The van der Waals surface area contributed by atoms with E-state index >= 15 is 0 Å². The van der Waals surface area contributed by atoms with Gasteiger partial charge in [0, 0.05) is 24.3 Å². The van der Waals surface area contributed by atoms with Crippen LogP contribution in [0, 0.1) is 6.92 Å². The molecule has 2 heterocycles. The van der Waals surface area contributed by atoms with Gasteiger partial charge in [0.15, 0.2) is 6.61 Å². The molecule has 5 nitrogen and oxygen atoms in total. The molecular weight excluding hydrogens is 322 g/mol. The standard InChI is InChI=1S/C18H19N3O2S/c1-14-5-7-15(8-6-14)23-13-17(22)21(12-16-4-3-11-24-16)18-19-9-10-20(18)2/h3-11H,12-13H2,1-2H3. The lowest BCUT2D eigenvalue weighted by molar-refractivity contribution is -0.120. The number of carbonyl (C=O) groups excluding carboxylic acids is 1. The van der Waals surface area contributed by atoms with Crippen molar-refractivity contribution in [1.29, 1.82) is 0 Å². The molecule has 0 N–H and O–H groups in total. The van der Waals surface area contributed by atoms with E-state index in [0.717, 1.165) is 10.4 Å². The van der Waals surface area contributed by atoms with Crippen LogP contribution < -0.4 is 9.64 Å². The number of hydrogen-bond acceptors (Lipinski definition) is 4. The molecule has 0 atom stereocenters. The van der Waals surface area contributed by atoms with E-state index in [0.29, 0.717) is 18.2 Å². The van der Waals surface area contributed by atoms with Crippen molar-refractivity contribution in [3.8, 4) is 5.75 Å². The number of amides is 1. The SMILES string of the molecule is Cc1ccc(OCC(=O)N(Cc2cccs2)c2nccn2C)cc1. The first-order valence-electron chi connectivity index (χ1n) is 7.63. The number of aryl methyl sites for hydroxylation is 2. The second-order valence-corrected chi connectivity index (χ2v) is 6.53. The first kappa shape index (κ1) is 16.3. The van der Waals surface area contributed by atoms with Crippen LogP contribution in [-0.4, -0.2) is 22.1 Å². The highest BCUT2D eigenvalue weighted by Crippen LogP contribution is 2.18. The average molecular weight is 341 g/mol. The van der Waals surface area contributed by atoms with Crippen molar-refractivity contribution in [2.75, 3.05) is 11.5 Å². The zero-order valence-corrected chi connectivity index (χ0v) is 14.5. The van der Waals surface area contributed by atoms with Crippen molar-refractivity contribution in [3.63, 3.8) is 0 Å². The van der Waals surface area contributed by atoms with E-state index in [-0.39, 0.29) is 12.5 Å². The number of nitrogens with zero attached hydrogens (tertiary/aromatic N) is 3. The van der Waals surface area contributed by atoms with Crippen molar-refractivity contribution in [3.05, 3.63) is 64.6 Å². The highest BCUT2D eigenvalue weighted by molar-refractivity contribution is 7.09. The molecule has 24 heavy (non-hydrogen) atoms. The fourth-order valence-corrected chi connectivity index (χ4v) is 3.00. The number of aromatic nitrogens is 2. The van der Waals surface area contributed by atoms with Gasteiger partial charge < -0.3 is 9.30 Å². The Hall–Kier alpha value is -2.60. The molecule has 1 amide bonds. The quantitative estimate of drug-likeness (QED) is 0.690. The van der Waals surface area contributed by atoms with E-state index in [4.69, 9.17) is 4.74 Å². The molecule has 0 spiro atoms. The van der Waals surface area contributed by atoms with Gasteiger partial charge in [-0.2, -0.15) is 0 Å². The van der Waals surface area contributed by atoms with Crippen molar-refractivity contribution in [2.45, 2.75) is 13.5 Å². The minimum absolute atomic E-state index is 0.0265. The summed E-state index contributed by atoms with van der Waals surface area (Å²) >= 11 is 1.62. The number of thiophene rings is 1. The fourth-order valence-electron chi connectivity index (χ4n) is 2.30. The van der Waals surface area contributed by atoms with Crippen LogP contribution in [0.25, 0.3) is 0 Å². The topological polar surface area (TPSA) is 47.4 Å². The summed E-state index contributed by atoms with van der Waals surface area (Å²) < 4.78 is 7.47. The third kappa shape index (κ3) is 3.83. The summed E-state index contributed by atoms with van der Waals surface area (Å²) in [6, 6.07) is 11.6. The van der Waals surface area contributed by atoms with Gasteiger partial charge >= 0.3 is 0 Å². The summed E-state index contributed by atoms with van der Waals surface area (Å²) in [7, 11) is 1.87. The predicted molar refractivity (Wildman–Crippen MR) is 95.4 cm³/mol. The van der Waals surface area contributed by atoms with Gasteiger partial charge in [0.2, 0.25) is 5.95 Å². The third-order valence-electron chi connectivity index (χ3n) is 3.62. The van der Waals surface area contributed by atoms with E-state index < -0.39 is 0 Å². The average Bonchev–Trinajstić information content (AvgIpc) is 3.23. The molecule has 0 saturated carbocycles. The Kier molecular flexibility index (Phi) is 4.96. The Balaban J connectivity index is 1.73. The zero-order valence-electron chi connectivity index (χ0n) is 13.7. The lowest BCUT2D eigenvalue weighted by Crippen LogP contribution is -2.36. The summed E-state index contributed by atoms with van der Waals surface area (Å²) in [6.45, 7) is 2.47. The number of rotatable bonds is 6. The van der Waals surface area contributed by atoms with E-state index in [2.05, 4.69) is 4.98 Å². The highest BCUT2D eigenvalue weighted by atomic mass is 32.1. The maximum Gasteiger partial charge on any atom is 0.267 e. The van der Waals surface area contributed by atoms with Gasteiger partial charge in [-0.15, -0.1) is 11.3 Å². The maximum atomic E-state index is 12.7. The molecule has 0 aliphatic carbocycles. The highest BCUT2D eigenvalue weighted by Gasteiger charge is 2.21. The minimum atomic E-state index is -0.127. The molecule has 6 heteroatoms. The van der Waals surface area contributed by atoms with Crippen LogP contribution in [0.4, 0.5) is 5.95 Å². The van der Waals surface area contributed by atoms with Crippen LogP contribution in [-0.2, 0) is 18.4 Å². The van der Waals surface area contributed by atoms with E-state index in [1.165, 1.54) is 0 Å². The van der Waals surface area contributed by atoms with Crippen LogP contribution in [0.15, 0.2) is 54.2 Å². The Morgan fingerprint density at radius 2 is 2.08 bits per heavy atom. The monoisotopic (exact) mass is 341 g/mol. The van der Waals surface area contributed by atoms with E-state index in [1.54, 1.807) is 22.4 Å².